The van der Waals surface area contributed by atoms with Crippen LogP contribution in [0.2, 0.25) is 0 Å². The van der Waals surface area contributed by atoms with E-state index in [0.717, 1.165) is 70.7 Å². The summed E-state index contributed by atoms with van der Waals surface area (Å²) in [7, 11) is 4.66. The van der Waals surface area contributed by atoms with Crippen molar-refractivity contribution in [3.8, 4) is 22.8 Å². The van der Waals surface area contributed by atoms with Gasteiger partial charge >= 0.3 is 5.97 Å². The highest BCUT2D eigenvalue weighted by Crippen LogP contribution is 2.43. The topological polar surface area (TPSA) is 118 Å². The lowest BCUT2D eigenvalue weighted by Crippen LogP contribution is -2.20. The standard InChI is InChI=1S/C32H33N7O4/c1-41-23-13-12-22(25(17-23)42-2)18-34-28-27-26(19-6-10-21(11-7-19)32(40)43-3)35-30(38(27)16-14-33-28)24-5-4-15-39-29(20-8-9-20)36-37-31(24)39/h6-7,10-14,16-17,20,24H,4-5,8-9,15,18H2,1-3H3,(H,33,34)/t24-/m0/s1. The van der Waals surface area contributed by atoms with Crippen molar-refractivity contribution < 1.29 is 19.0 Å². The third-order valence-electron chi connectivity index (χ3n) is 8.35. The van der Waals surface area contributed by atoms with Crippen molar-refractivity contribution in [3.63, 3.8) is 0 Å². The van der Waals surface area contributed by atoms with E-state index in [4.69, 9.17) is 24.2 Å². The highest BCUT2D eigenvalue weighted by atomic mass is 16.5. The van der Waals surface area contributed by atoms with Crippen LogP contribution in [0.25, 0.3) is 16.8 Å². The van der Waals surface area contributed by atoms with Crippen LogP contribution in [0.15, 0.2) is 54.9 Å². The molecule has 1 N–H and O–H groups in total. The minimum atomic E-state index is -0.382. The van der Waals surface area contributed by atoms with Gasteiger partial charge in [0.25, 0.3) is 0 Å². The van der Waals surface area contributed by atoms with Crippen molar-refractivity contribution >= 4 is 17.3 Å². The Hall–Kier alpha value is -4.93. The molecular weight excluding hydrogens is 546 g/mol. The fraction of sp³-hybridized carbons (Fsp3) is 0.344. The molecule has 0 amide bonds. The number of methoxy groups -OCH3 is 3. The Kier molecular flexibility index (Phi) is 6.92. The van der Waals surface area contributed by atoms with Crippen molar-refractivity contribution in [2.45, 2.75) is 50.6 Å². The number of ether oxygens (including phenoxy) is 3. The summed E-state index contributed by atoms with van der Waals surface area (Å²) < 4.78 is 20.3. The van der Waals surface area contributed by atoms with E-state index in [1.165, 1.54) is 20.0 Å². The van der Waals surface area contributed by atoms with E-state index in [2.05, 4.69) is 24.5 Å². The molecule has 1 aliphatic carbocycles. The zero-order chi connectivity index (χ0) is 29.5. The van der Waals surface area contributed by atoms with Crippen LogP contribution in [0.3, 0.4) is 0 Å². The van der Waals surface area contributed by atoms with Crippen molar-refractivity contribution in [2.24, 2.45) is 0 Å². The molecule has 43 heavy (non-hydrogen) atoms. The van der Waals surface area contributed by atoms with E-state index in [1.54, 1.807) is 32.5 Å². The first-order valence-corrected chi connectivity index (χ1v) is 14.5. The monoisotopic (exact) mass is 579 g/mol. The molecule has 0 radical (unpaired) electrons. The van der Waals surface area contributed by atoms with Crippen LogP contribution >= 0.6 is 0 Å². The van der Waals surface area contributed by atoms with Gasteiger partial charge in [-0.15, -0.1) is 10.2 Å². The smallest absolute Gasteiger partial charge is 0.337 e. The average Bonchev–Trinajstić information content (AvgIpc) is 3.69. The Bertz CT molecular complexity index is 1810. The molecule has 2 aliphatic rings. The number of esters is 1. The molecule has 1 aliphatic heterocycles. The van der Waals surface area contributed by atoms with Gasteiger partial charge in [-0.1, -0.05) is 12.1 Å². The van der Waals surface area contributed by atoms with Gasteiger partial charge in [-0.2, -0.15) is 0 Å². The molecule has 4 heterocycles. The fourth-order valence-electron chi connectivity index (χ4n) is 5.98. The van der Waals surface area contributed by atoms with E-state index < -0.39 is 0 Å². The van der Waals surface area contributed by atoms with Crippen LogP contribution in [0.1, 0.15) is 70.9 Å². The maximum Gasteiger partial charge on any atom is 0.337 e. The Morgan fingerprint density at radius 3 is 2.53 bits per heavy atom. The summed E-state index contributed by atoms with van der Waals surface area (Å²) in [4.78, 5) is 22.1. The molecule has 1 saturated carbocycles. The number of carbonyl (C=O) groups is 1. The molecule has 220 valence electrons. The summed E-state index contributed by atoms with van der Waals surface area (Å²) in [6, 6.07) is 13.1. The number of benzene rings is 2. The van der Waals surface area contributed by atoms with Gasteiger partial charge in [-0.25, -0.2) is 14.8 Å². The number of imidazole rings is 1. The molecule has 1 fully saturated rings. The third-order valence-corrected chi connectivity index (χ3v) is 8.35. The van der Waals surface area contributed by atoms with Crippen molar-refractivity contribution in [1.29, 1.82) is 0 Å². The zero-order valence-electron chi connectivity index (χ0n) is 24.4. The second kappa shape index (κ2) is 11.0. The fourth-order valence-corrected chi connectivity index (χ4v) is 5.98. The first-order chi connectivity index (χ1) is 21.1. The summed E-state index contributed by atoms with van der Waals surface area (Å²) >= 11 is 0. The maximum atomic E-state index is 12.1. The molecule has 7 rings (SSSR count). The highest BCUT2D eigenvalue weighted by Gasteiger charge is 2.36. The largest absolute Gasteiger partial charge is 0.497 e. The Labute approximate surface area is 248 Å². The SMILES string of the molecule is COC(=O)c1ccc(-c2nc([C@@H]3CCCn4c(C5CC5)nnc43)n3ccnc(NCc4ccc(OC)cc4OC)c23)cc1. The van der Waals surface area contributed by atoms with Gasteiger partial charge in [0.1, 0.15) is 40.2 Å². The van der Waals surface area contributed by atoms with Crippen molar-refractivity contribution in [2.75, 3.05) is 26.6 Å². The maximum absolute atomic E-state index is 12.1. The van der Waals surface area contributed by atoms with Crippen LogP contribution in [0.4, 0.5) is 5.82 Å². The number of rotatable bonds is 9. The lowest BCUT2D eigenvalue weighted by Gasteiger charge is -2.23. The Morgan fingerprint density at radius 1 is 0.977 bits per heavy atom. The molecule has 0 unspecified atom stereocenters. The van der Waals surface area contributed by atoms with Gasteiger partial charge in [-0.3, -0.25) is 4.40 Å². The minimum absolute atomic E-state index is 0.0127. The van der Waals surface area contributed by atoms with E-state index >= 15 is 0 Å². The molecule has 0 spiro atoms. The minimum Gasteiger partial charge on any atom is -0.497 e. The second-order valence-electron chi connectivity index (χ2n) is 11.0. The van der Waals surface area contributed by atoms with Crippen LogP contribution in [0, 0.1) is 0 Å². The van der Waals surface area contributed by atoms with Gasteiger partial charge in [-0.05, 0) is 49.9 Å². The molecule has 2 aromatic carbocycles. The molecule has 11 nitrogen and oxygen atoms in total. The summed E-state index contributed by atoms with van der Waals surface area (Å²) in [5.74, 6) is 5.24. The van der Waals surface area contributed by atoms with Crippen LogP contribution in [0.5, 0.6) is 11.5 Å². The normalized spacial score (nSPS) is 16.1. The zero-order valence-corrected chi connectivity index (χ0v) is 24.4. The van der Waals surface area contributed by atoms with Crippen LogP contribution in [-0.4, -0.2) is 56.4 Å². The summed E-state index contributed by atoms with van der Waals surface area (Å²) in [6.07, 6.45) is 8.07. The Morgan fingerprint density at radius 2 is 1.79 bits per heavy atom. The van der Waals surface area contributed by atoms with Gasteiger partial charge in [0.05, 0.1) is 32.8 Å². The van der Waals surface area contributed by atoms with Gasteiger partial charge in [0.2, 0.25) is 0 Å². The van der Waals surface area contributed by atoms with Crippen molar-refractivity contribution in [1.82, 2.24) is 29.1 Å². The predicted octanol–water partition coefficient (Wildman–Crippen LogP) is 5.21. The lowest BCUT2D eigenvalue weighted by atomic mass is 9.98. The van der Waals surface area contributed by atoms with E-state index in [-0.39, 0.29) is 11.9 Å². The van der Waals surface area contributed by atoms with E-state index in [0.29, 0.717) is 23.8 Å². The first kappa shape index (κ1) is 26.9. The summed E-state index contributed by atoms with van der Waals surface area (Å²) in [5, 5.41) is 12.8. The molecule has 11 heteroatoms. The number of nitrogens with zero attached hydrogens (tertiary/aromatic N) is 6. The van der Waals surface area contributed by atoms with Crippen LogP contribution < -0.4 is 14.8 Å². The number of hydrogen-bond acceptors (Lipinski definition) is 9. The Balaban J connectivity index is 1.33. The average molecular weight is 580 g/mol. The number of anilines is 1. The molecule has 1 atom stereocenters. The van der Waals surface area contributed by atoms with E-state index in [1.807, 2.05) is 36.5 Å². The van der Waals surface area contributed by atoms with Gasteiger partial charge in [0, 0.05) is 48.6 Å². The number of fused-ring (bicyclic) bond motifs is 2. The quantitative estimate of drug-likeness (QED) is 0.235. The van der Waals surface area contributed by atoms with E-state index in [9.17, 15) is 4.79 Å². The molecule has 5 aromatic rings. The van der Waals surface area contributed by atoms with Crippen LogP contribution in [-0.2, 0) is 17.8 Å². The number of carbonyl (C=O) groups excluding carboxylic acids is 1. The number of nitrogens with one attached hydrogen (secondary N) is 1. The molecule has 3 aromatic heterocycles. The van der Waals surface area contributed by atoms with Gasteiger partial charge in [0.15, 0.2) is 5.82 Å². The number of hydrogen-bond donors (Lipinski definition) is 1. The first-order valence-electron chi connectivity index (χ1n) is 14.5. The number of aromatic nitrogens is 6. The molecular formula is C32H33N7O4. The summed E-state index contributed by atoms with van der Waals surface area (Å²) in [6.45, 7) is 1.41. The second-order valence-corrected chi connectivity index (χ2v) is 11.0. The predicted molar refractivity (Wildman–Crippen MR) is 160 cm³/mol. The highest BCUT2D eigenvalue weighted by molar-refractivity contribution is 5.91. The van der Waals surface area contributed by atoms with Gasteiger partial charge < -0.3 is 24.1 Å². The molecule has 0 saturated heterocycles. The third kappa shape index (κ3) is 4.84. The van der Waals surface area contributed by atoms with Crippen molar-refractivity contribution in [3.05, 3.63) is 83.5 Å². The summed E-state index contributed by atoms with van der Waals surface area (Å²) in [5.41, 5.74) is 3.91. The molecule has 0 bridgehead atoms. The lowest BCUT2D eigenvalue weighted by molar-refractivity contribution is 0.0600.